The number of nitrogens with zero attached hydrogens (tertiary/aromatic N) is 2. The lowest BCUT2D eigenvalue weighted by Crippen LogP contribution is -2.37. The van der Waals surface area contributed by atoms with Crippen molar-refractivity contribution < 1.29 is 4.74 Å². The van der Waals surface area contributed by atoms with E-state index in [0.717, 1.165) is 13.1 Å². The van der Waals surface area contributed by atoms with Gasteiger partial charge in [0.05, 0.1) is 12.7 Å². The van der Waals surface area contributed by atoms with Gasteiger partial charge in [-0.05, 0) is 18.1 Å². The van der Waals surface area contributed by atoms with Crippen LogP contribution in [0.15, 0.2) is 24.3 Å². The summed E-state index contributed by atoms with van der Waals surface area (Å²) in [5.41, 5.74) is 8.42. The summed E-state index contributed by atoms with van der Waals surface area (Å²) in [7, 11) is 1.69. The molecule has 0 radical (unpaired) electrons. The van der Waals surface area contributed by atoms with Gasteiger partial charge in [0.1, 0.15) is 0 Å². The molecule has 1 aromatic rings. The third-order valence-electron chi connectivity index (χ3n) is 3.30. The smallest absolute Gasteiger partial charge is 0.0635 e. The minimum Gasteiger partial charge on any atom is -0.383 e. The Bertz CT molecular complexity index is 414. The van der Waals surface area contributed by atoms with Gasteiger partial charge in [0, 0.05) is 39.2 Å². The highest BCUT2D eigenvalue weighted by atomic mass is 16.5. The number of aryl methyl sites for hydroxylation is 1. The molecule has 0 heterocycles. The van der Waals surface area contributed by atoms with Crippen molar-refractivity contribution in [3.63, 3.8) is 0 Å². The van der Waals surface area contributed by atoms with Crippen LogP contribution in [0.1, 0.15) is 23.6 Å². The first-order chi connectivity index (χ1) is 9.24. The van der Waals surface area contributed by atoms with E-state index in [0.29, 0.717) is 19.6 Å². The molecule has 0 aromatic heterocycles. The van der Waals surface area contributed by atoms with Crippen LogP contribution < -0.4 is 5.73 Å². The molecule has 0 saturated heterocycles. The highest BCUT2D eigenvalue weighted by molar-refractivity contribution is 5.29. The number of nitrogens with two attached hydrogens (primary N) is 1. The third kappa shape index (κ3) is 4.64. The second-order valence-electron chi connectivity index (χ2n) is 4.54. The number of rotatable bonds is 8. The van der Waals surface area contributed by atoms with Crippen molar-refractivity contribution in [3.05, 3.63) is 35.4 Å². The maximum atomic E-state index is 8.78. The van der Waals surface area contributed by atoms with E-state index in [2.05, 4.69) is 30.0 Å². The van der Waals surface area contributed by atoms with Gasteiger partial charge in [-0.2, -0.15) is 5.26 Å². The van der Waals surface area contributed by atoms with Gasteiger partial charge in [-0.25, -0.2) is 0 Å². The largest absolute Gasteiger partial charge is 0.383 e. The molecule has 2 N–H and O–H groups in total. The van der Waals surface area contributed by atoms with E-state index in [1.54, 1.807) is 7.11 Å². The number of nitriles is 1. The molecule has 1 rings (SSSR count). The molecule has 0 fully saturated rings. The zero-order valence-corrected chi connectivity index (χ0v) is 11.8. The molecule has 0 spiro atoms. The second-order valence-corrected chi connectivity index (χ2v) is 4.54. The number of ether oxygens (including phenoxy) is 1. The molecule has 19 heavy (non-hydrogen) atoms. The summed E-state index contributed by atoms with van der Waals surface area (Å²) < 4.78 is 5.15. The molecule has 0 saturated carbocycles. The zero-order valence-electron chi connectivity index (χ0n) is 11.8. The van der Waals surface area contributed by atoms with Crippen LogP contribution in [0, 0.1) is 18.3 Å². The molecule has 0 aliphatic carbocycles. The Morgan fingerprint density at radius 1 is 1.37 bits per heavy atom. The van der Waals surface area contributed by atoms with E-state index in [4.69, 9.17) is 15.7 Å². The van der Waals surface area contributed by atoms with Gasteiger partial charge in [-0.3, -0.25) is 4.90 Å². The predicted octanol–water partition coefficient (Wildman–Crippen LogP) is 1.86. The fourth-order valence-corrected chi connectivity index (χ4v) is 2.26. The molecule has 1 aromatic carbocycles. The Balaban J connectivity index is 2.88. The first kappa shape index (κ1) is 15.6. The molecule has 0 aliphatic rings. The molecule has 0 bridgehead atoms. The zero-order chi connectivity index (χ0) is 14.1. The predicted molar refractivity (Wildman–Crippen MR) is 76.7 cm³/mol. The number of hydrogen-bond acceptors (Lipinski definition) is 4. The fourth-order valence-electron chi connectivity index (χ4n) is 2.26. The molecule has 0 amide bonds. The van der Waals surface area contributed by atoms with Gasteiger partial charge in [0.2, 0.25) is 0 Å². The van der Waals surface area contributed by atoms with Crippen LogP contribution in [-0.4, -0.2) is 38.3 Å². The van der Waals surface area contributed by atoms with Gasteiger partial charge in [0.25, 0.3) is 0 Å². The van der Waals surface area contributed by atoms with Crippen molar-refractivity contribution in [1.82, 2.24) is 4.90 Å². The monoisotopic (exact) mass is 261 g/mol. The van der Waals surface area contributed by atoms with Crippen molar-refractivity contribution in [2.24, 2.45) is 5.73 Å². The number of methoxy groups -OCH3 is 1. The quantitative estimate of drug-likeness (QED) is 0.776. The van der Waals surface area contributed by atoms with Crippen molar-refractivity contribution in [2.75, 3.05) is 33.4 Å². The van der Waals surface area contributed by atoms with Gasteiger partial charge in [-0.15, -0.1) is 0 Å². The maximum absolute atomic E-state index is 8.78. The number of benzene rings is 1. The average Bonchev–Trinajstić information content (AvgIpc) is 2.43. The van der Waals surface area contributed by atoms with E-state index in [1.807, 2.05) is 12.1 Å². The van der Waals surface area contributed by atoms with Gasteiger partial charge < -0.3 is 10.5 Å². The first-order valence-corrected chi connectivity index (χ1v) is 6.60. The maximum Gasteiger partial charge on any atom is 0.0635 e. The lowest BCUT2D eigenvalue weighted by molar-refractivity contribution is 0.123. The highest BCUT2D eigenvalue weighted by Gasteiger charge is 2.19. The number of hydrogen-bond donors (Lipinski definition) is 1. The minimum atomic E-state index is 0.143. The van der Waals surface area contributed by atoms with E-state index < -0.39 is 0 Å². The van der Waals surface area contributed by atoms with E-state index in [9.17, 15) is 0 Å². The van der Waals surface area contributed by atoms with E-state index in [1.165, 1.54) is 11.1 Å². The standard InChI is InChI=1S/C15H23N3O/c1-13-6-3-4-7-14(13)15(12-17)18(9-5-8-16)10-11-19-2/h3-4,6-7,15H,5,9-12,17H2,1-2H3. The summed E-state index contributed by atoms with van der Waals surface area (Å²) >= 11 is 0. The minimum absolute atomic E-state index is 0.143. The van der Waals surface area contributed by atoms with E-state index >= 15 is 0 Å². The van der Waals surface area contributed by atoms with Crippen LogP contribution in [0.5, 0.6) is 0 Å². The molecule has 1 unspecified atom stereocenters. The SMILES string of the molecule is COCCN(CCC#N)C(CN)c1ccccc1C. The van der Waals surface area contributed by atoms with Crippen LogP contribution in [-0.2, 0) is 4.74 Å². The van der Waals surface area contributed by atoms with Crippen molar-refractivity contribution in [2.45, 2.75) is 19.4 Å². The second kappa shape index (κ2) is 8.65. The fraction of sp³-hybridized carbons (Fsp3) is 0.533. The Morgan fingerprint density at radius 2 is 2.11 bits per heavy atom. The van der Waals surface area contributed by atoms with Gasteiger partial charge in [-0.1, -0.05) is 24.3 Å². The molecule has 1 atom stereocenters. The van der Waals surface area contributed by atoms with Crippen molar-refractivity contribution in [1.29, 1.82) is 5.26 Å². The molecular weight excluding hydrogens is 238 g/mol. The molecular formula is C15H23N3O. The molecule has 4 heteroatoms. The average molecular weight is 261 g/mol. The van der Waals surface area contributed by atoms with Crippen LogP contribution in [0.4, 0.5) is 0 Å². The Hall–Kier alpha value is -1.41. The Morgan fingerprint density at radius 3 is 2.68 bits per heavy atom. The summed E-state index contributed by atoms with van der Waals surface area (Å²) in [6, 6.07) is 10.6. The van der Waals surface area contributed by atoms with Crippen LogP contribution in [0.2, 0.25) is 0 Å². The van der Waals surface area contributed by atoms with E-state index in [-0.39, 0.29) is 6.04 Å². The summed E-state index contributed by atoms with van der Waals surface area (Å²) in [6.45, 7) is 4.79. The van der Waals surface area contributed by atoms with Crippen LogP contribution in [0.3, 0.4) is 0 Å². The summed E-state index contributed by atoms with van der Waals surface area (Å²) in [4.78, 5) is 2.23. The van der Waals surface area contributed by atoms with Crippen LogP contribution >= 0.6 is 0 Å². The third-order valence-corrected chi connectivity index (χ3v) is 3.30. The molecule has 4 nitrogen and oxygen atoms in total. The Labute approximate surface area is 115 Å². The summed E-state index contributed by atoms with van der Waals surface area (Å²) in [6.07, 6.45) is 0.506. The van der Waals surface area contributed by atoms with Gasteiger partial charge >= 0.3 is 0 Å². The normalized spacial score (nSPS) is 12.4. The first-order valence-electron chi connectivity index (χ1n) is 6.60. The highest BCUT2D eigenvalue weighted by Crippen LogP contribution is 2.22. The lowest BCUT2D eigenvalue weighted by Gasteiger charge is -2.31. The van der Waals surface area contributed by atoms with Crippen molar-refractivity contribution >= 4 is 0 Å². The molecule has 104 valence electrons. The Kier molecular flexibility index (Phi) is 7.12. The summed E-state index contributed by atoms with van der Waals surface area (Å²) in [5, 5.41) is 8.78. The topological polar surface area (TPSA) is 62.3 Å². The van der Waals surface area contributed by atoms with Crippen molar-refractivity contribution in [3.8, 4) is 6.07 Å². The summed E-state index contributed by atoms with van der Waals surface area (Å²) in [5.74, 6) is 0. The molecule has 0 aliphatic heterocycles. The van der Waals surface area contributed by atoms with Gasteiger partial charge in [0.15, 0.2) is 0 Å². The van der Waals surface area contributed by atoms with Crippen LogP contribution in [0.25, 0.3) is 0 Å². The lowest BCUT2D eigenvalue weighted by atomic mass is 9.99.